The number of nitrogens with zero attached hydrogens (tertiary/aromatic N) is 3. The Labute approximate surface area is 114 Å². The number of hydrogen-bond acceptors (Lipinski definition) is 5. The molecule has 0 saturated heterocycles. The molecule has 5 nitrogen and oxygen atoms in total. The number of carbonyl (C=O) groups is 1. The fraction of sp³-hybridized carbons (Fsp3) is 0.583. The molecule has 0 fully saturated rings. The standard InChI is InChI=1S/C12H16F3N3O2/c1-4-18(7-8(2)10(19)20-3)11-16-6-5-9(17-11)12(13,14)15/h5-6,8H,4,7H2,1-3H3. The van der Waals surface area contributed by atoms with E-state index in [1.807, 2.05) is 0 Å². The molecule has 1 heterocycles. The van der Waals surface area contributed by atoms with E-state index in [9.17, 15) is 18.0 Å². The van der Waals surface area contributed by atoms with Gasteiger partial charge in [-0.25, -0.2) is 9.97 Å². The molecular weight excluding hydrogens is 275 g/mol. The molecule has 0 N–H and O–H groups in total. The van der Waals surface area contributed by atoms with Crippen LogP contribution in [0.5, 0.6) is 0 Å². The highest BCUT2D eigenvalue weighted by Crippen LogP contribution is 2.28. The first-order chi connectivity index (χ1) is 9.29. The lowest BCUT2D eigenvalue weighted by atomic mass is 10.2. The molecule has 0 saturated carbocycles. The molecule has 0 spiro atoms. The highest BCUT2D eigenvalue weighted by molar-refractivity contribution is 5.72. The van der Waals surface area contributed by atoms with E-state index in [1.54, 1.807) is 13.8 Å². The Morgan fingerprint density at radius 3 is 2.65 bits per heavy atom. The smallest absolute Gasteiger partial charge is 0.433 e. The Morgan fingerprint density at radius 1 is 1.50 bits per heavy atom. The van der Waals surface area contributed by atoms with Crippen LogP contribution >= 0.6 is 0 Å². The maximum atomic E-state index is 12.6. The van der Waals surface area contributed by atoms with Crippen LogP contribution in [-0.4, -0.2) is 36.1 Å². The summed E-state index contributed by atoms with van der Waals surface area (Å²) < 4.78 is 42.4. The Hall–Kier alpha value is -1.86. The predicted octanol–water partition coefficient (Wildman–Crippen LogP) is 2.13. The zero-order chi connectivity index (χ0) is 15.3. The van der Waals surface area contributed by atoms with Gasteiger partial charge in [-0.15, -0.1) is 0 Å². The zero-order valence-corrected chi connectivity index (χ0v) is 11.4. The third-order valence-electron chi connectivity index (χ3n) is 2.70. The van der Waals surface area contributed by atoms with Crippen molar-refractivity contribution in [2.24, 2.45) is 5.92 Å². The Balaban J connectivity index is 2.93. The fourth-order valence-electron chi connectivity index (χ4n) is 1.62. The second kappa shape index (κ2) is 6.53. The molecule has 20 heavy (non-hydrogen) atoms. The summed E-state index contributed by atoms with van der Waals surface area (Å²) >= 11 is 0. The second-order valence-electron chi connectivity index (χ2n) is 4.20. The summed E-state index contributed by atoms with van der Waals surface area (Å²) in [5.41, 5.74) is -1.01. The predicted molar refractivity (Wildman–Crippen MR) is 66.1 cm³/mol. The summed E-state index contributed by atoms with van der Waals surface area (Å²) in [4.78, 5) is 20.2. The second-order valence-corrected chi connectivity index (χ2v) is 4.20. The zero-order valence-electron chi connectivity index (χ0n) is 11.4. The average Bonchev–Trinajstić information content (AvgIpc) is 2.42. The molecule has 0 aliphatic rings. The van der Waals surface area contributed by atoms with E-state index in [4.69, 9.17) is 0 Å². The van der Waals surface area contributed by atoms with Crippen LogP contribution in [0.25, 0.3) is 0 Å². The van der Waals surface area contributed by atoms with Crippen LogP contribution in [0.4, 0.5) is 19.1 Å². The number of hydrogen-bond donors (Lipinski definition) is 0. The lowest BCUT2D eigenvalue weighted by molar-refractivity contribution is -0.144. The van der Waals surface area contributed by atoms with Gasteiger partial charge in [0.25, 0.3) is 0 Å². The maximum absolute atomic E-state index is 12.6. The minimum atomic E-state index is -4.52. The van der Waals surface area contributed by atoms with Gasteiger partial charge in [0, 0.05) is 19.3 Å². The molecule has 1 unspecified atom stereocenters. The number of carbonyl (C=O) groups excluding carboxylic acids is 1. The Kier molecular flexibility index (Phi) is 5.29. The van der Waals surface area contributed by atoms with Gasteiger partial charge in [-0.3, -0.25) is 4.79 Å². The first-order valence-electron chi connectivity index (χ1n) is 6.02. The van der Waals surface area contributed by atoms with E-state index >= 15 is 0 Å². The molecular formula is C12H16F3N3O2. The largest absolute Gasteiger partial charge is 0.469 e. The van der Waals surface area contributed by atoms with Gasteiger partial charge in [-0.1, -0.05) is 6.92 Å². The van der Waals surface area contributed by atoms with Crippen molar-refractivity contribution in [1.29, 1.82) is 0 Å². The highest BCUT2D eigenvalue weighted by Gasteiger charge is 2.33. The summed E-state index contributed by atoms with van der Waals surface area (Å²) in [6, 6.07) is 0.807. The molecule has 1 aromatic heterocycles. The number of alkyl halides is 3. The molecule has 1 rings (SSSR count). The summed E-state index contributed by atoms with van der Waals surface area (Å²) in [6.45, 7) is 3.93. The SMILES string of the molecule is CCN(CC(C)C(=O)OC)c1nccc(C(F)(F)F)n1. The van der Waals surface area contributed by atoms with E-state index in [-0.39, 0.29) is 12.5 Å². The lowest BCUT2D eigenvalue weighted by Crippen LogP contribution is -2.33. The van der Waals surface area contributed by atoms with Gasteiger partial charge in [0.2, 0.25) is 5.95 Å². The number of aromatic nitrogens is 2. The molecule has 112 valence electrons. The van der Waals surface area contributed by atoms with Crippen molar-refractivity contribution >= 4 is 11.9 Å². The van der Waals surface area contributed by atoms with E-state index in [0.717, 1.165) is 12.3 Å². The summed E-state index contributed by atoms with van der Waals surface area (Å²) in [6.07, 6.45) is -3.47. The quantitative estimate of drug-likeness (QED) is 0.778. The number of rotatable bonds is 5. The first kappa shape index (κ1) is 16.2. The highest BCUT2D eigenvalue weighted by atomic mass is 19.4. The first-order valence-corrected chi connectivity index (χ1v) is 6.02. The summed E-state index contributed by atoms with van der Waals surface area (Å²) in [5.74, 6) is -0.980. The van der Waals surface area contributed by atoms with Gasteiger partial charge in [0.05, 0.1) is 13.0 Å². The Bertz CT molecular complexity index is 466. The molecule has 0 bridgehead atoms. The van der Waals surface area contributed by atoms with Gasteiger partial charge in [-0.2, -0.15) is 13.2 Å². The monoisotopic (exact) mass is 291 g/mol. The van der Waals surface area contributed by atoms with Crippen molar-refractivity contribution in [2.75, 3.05) is 25.1 Å². The third-order valence-corrected chi connectivity index (χ3v) is 2.70. The van der Waals surface area contributed by atoms with Gasteiger partial charge < -0.3 is 9.64 Å². The van der Waals surface area contributed by atoms with E-state index in [2.05, 4.69) is 14.7 Å². The van der Waals surface area contributed by atoms with Crippen LogP contribution in [0.3, 0.4) is 0 Å². The van der Waals surface area contributed by atoms with Crippen molar-refractivity contribution in [1.82, 2.24) is 9.97 Å². The van der Waals surface area contributed by atoms with Crippen LogP contribution in [-0.2, 0) is 15.7 Å². The topological polar surface area (TPSA) is 55.3 Å². The van der Waals surface area contributed by atoms with Crippen LogP contribution in [0, 0.1) is 5.92 Å². The van der Waals surface area contributed by atoms with Crippen molar-refractivity contribution in [2.45, 2.75) is 20.0 Å². The maximum Gasteiger partial charge on any atom is 0.433 e. The average molecular weight is 291 g/mol. The number of esters is 1. The van der Waals surface area contributed by atoms with Crippen LogP contribution in [0.2, 0.25) is 0 Å². The lowest BCUT2D eigenvalue weighted by Gasteiger charge is -2.23. The van der Waals surface area contributed by atoms with Crippen molar-refractivity contribution in [3.8, 4) is 0 Å². The van der Waals surface area contributed by atoms with Gasteiger partial charge in [0.15, 0.2) is 0 Å². The Morgan fingerprint density at radius 2 is 2.15 bits per heavy atom. The molecule has 0 aromatic carbocycles. The molecule has 1 atom stereocenters. The number of halogens is 3. The minimum absolute atomic E-state index is 0.0573. The van der Waals surface area contributed by atoms with Crippen molar-refractivity contribution < 1.29 is 22.7 Å². The molecule has 0 aliphatic carbocycles. The third kappa shape index (κ3) is 4.07. The molecule has 1 aromatic rings. The summed E-state index contributed by atoms with van der Waals surface area (Å²) in [5, 5.41) is 0. The number of ether oxygens (including phenoxy) is 1. The van der Waals surface area contributed by atoms with E-state index < -0.39 is 23.8 Å². The fourth-order valence-corrected chi connectivity index (χ4v) is 1.62. The van der Waals surface area contributed by atoms with E-state index in [1.165, 1.54) is 12.0 Å². The van der Waals surface area contributed by atoms with Crippen LogP contribution in [0.1, 0.15) is 19.5 Å². The minimum Gasteiger partial charge on any atom is -0.469 e. The van der Waals surface area contributed by atoms with Gasteiger partial charge in [-0.05, 0) is 13.0 Å². The summed E-state index contributed by atoms with van der Waals surface area (Å²) in [7, 11) is 1.26. The van der Waals surface area contributed by atoms with Crippen LogP contribution < -0.4 is 4.90 Å². The molecule has 8 heteroatoms. The molecule has 0 aliphatic heterocycles. The number of anilines is 1. The molecule has 0 amide bonds. The number of methoxy groups -OCH3 is 1. The molecule has 0 radical (unpaired) electrons. The van der Waals surface area contributed by atoms with Crippen molar-refractivity contribution in [3.63, 3.8) is 0 Å². The van der Waals surface area contributed by atoms with Gasteiger partial charge >= 0.3 is 12.1 Å². The van der Waals surface area contributed by atoms with E-state index in [0.29, 0.717) is 6.54 Å². The normalized spacial score (nSPS) is 12.9. The van der Waals surface area contributed by atoms with Crippen LogP contribution in [0.15, 0.2) is 12.3 Å². The van der Waals surface area contributed by atoms with Crippen molar-refractivity contribution in [3.05, 3.63) is 18.0 Å². The van der Waals surface area contributed by atoms with Gasteiger partial charge in [0.1, 0.15) is 5.69 Å².